The van der Waals surface area contributed by atoms with Gasteiger partial charge in [0.15, 0.2) is 0 Å². The Hall–Kier alpha value is -1.52. The largest absolute Gasteiger partial charge is 0.507 e. The molecule has 2 unspecified atom stereocenters. The second-order valence-electron chi connectivity index (χ2n) is 6.38. The third kappa shape index (κ3) is 4.99. The Morgan fingerprint density at radius 3 is 2.67 bits per heavy atom. The van der Waals surface area contributed by atoms with Crippen LogP contribution in [-0.2, 0) is 6.42 Å². The molecule has 1 heterocycles. The summed E-state index contributed by atoms with van der Waals surface area (Å²) in [7, 11) is 0. The van der Waals surface area contributed by atoms with Gasteiger partial charge in [0, 0.05) is 23.2 Å². The number of alkyl halides is 1. The number of aromatic hydroxyl groups is 1. The summed E-state index contributed by atoms with van der Waals surface area (Å²) < 4.78 is 14.3. The van der Waals surface area contributed by atoms with Crippen LogP contribution in [0.3, 0.4) is 0 Å². The van der Waals surface area contributed by atoms with Crippen molar-refractivity contribution < 1.29 is 9.50 Å². The van der Waals surface area contributed by atoms with E-state index in [1.165, 1.54) is 5.56 Å². The van der Waals surface area contributed by atoms with Crippen LogP contribution >= 0.6 is 11.8 Å². The van der Waals surface area contributed by atoms with E-state index in [-0.39, 0.29) is 0 Å². The molecule has 2 atom stereocenters. The molecule has 1 aliphatic rings. The van der Waals surface area contributed by atoms with Crippen molar-refractivity contribution in [1.29, 1.82) is 0 Å². The number of phenols is 1. The van der Waals surface area contributed by atoms with Crippen molar-refractivity contribution in [3.8, 4) is 5.75 Å². The highest BCUT2D eigenvalue weighted by Crippen LogP contribution is 2.35. The number of likely N-dealkylation sites (tertiary alicyclic amines) is 1. The number of aryl methyl sites for hydroxylation is 1. The maximum Gasteiger partial charge on any atom is 0.129 e. The predicted molar refractivity (Wildman–Crippen MR) is 98.5 cm³/mol. The van der Waals surface area contributed by atoms with Gasteiger partial charge in [0.1, 0.15) is 11.9 Å². The Labute approximate surface area is 147 Å². The second kappa shape index (κ2) is 8.54. The highest BCUT2D eigenvalue weighted by atomic mass is 32.2. The second-order valence-corrected chi connectivity index (χ2v) is 7.72. The van der Waals surface area contributed by atoms with Gasteiger partial charge in [0.2, 0.25) is 0 Å². The molecule has 4 heteroatoms. The number of halogens is 1. The molecular weight excluding hydrogens is 321 g/mol. The lowest BCUT2D eigenvalue weighted by Gasteiger charge is -2.18. The number of benzene rings is 2. The van der Waals surface area contributed by atoms with Crippen molar-refractivity contribution >= 4 is 11.8 Å². The van der Waals surface area contributed by atoms with E-state index in [0.29, 0.717) is 24.0 Å². The lowest BCUT2D eigenvalue weighted by Crippen LogP contribution is -2.29. The zero-order chi connectivity index (χ0) is 16.8. The normalized spacial score (nSPS) is 19.5. The van der Waals surface area contributed by atoms with Crippen LogP contribution in [0.1, 0.15) is 18.4 Å². The molecule has 0 saturated carbocycles. The fourth-order valence-electron chi connectivity index (χ4n) is 3.13. The van der Waals surface area contributed by atoms with Gasteiger partial charge in [-0.2, -0.15) is 0 Å². The standard InChI is InChI=1S/C20H24FNOS/c21-17(11-10-16-6-2-1-3-7-16)14-22-13-12-18(15-22)24-20-9-5-4-8-19(20)23/h1-9,17-18,23H,10-15H2. The Morgan fingerprint density at radius 1 is 1.12 bits per heavy atom. The molecule has 1 fully saturated rings. The van der Waals surface area contributed by atoms with E-state index in [9.17, 15) is 9.50 Å². The number of nitrogens with zero attached hydrogens (tertiary/aromatic N) is 1. The summed E-state index contributed by atoms with van der Waals surface area (Å²) in [6.07, 6.45) is 1.65. The molecule has 1 aliphatic heterocycles. The van der Waals surface area contributed by atoms with Crippen molar-refractivity contribution in [2.24, 2.45) is 0 Å². The van der Waals surface area contributed by atoms with Crippen LogP contribution in [0.25, 0.3) is 0 Å². The molecule has 2 aromatic carbocycles. The smallest absolute Gasteiger partial charge is 0.129 e. The summed E-state index contributed by atoms with van der Waals surface area (Å²) in [5.41, 5.74) is 1.20. The van der Waals surface area contributed by atoms with E-state index < -0.39 is 6.17 Å². The number of thioether (sulfide) groups is 1. The molecular formula is C20H24FNOS. The van der Waals surface area contributed by atoms with E-state index in [1.807, 2.05) is 36.4 Å². The van der Waals surface area contributed by atoms with Crippen LogP contribution in [0.4, 0.5) is 4.39 Å². The van der Waals surface area contributed by atoms with Crippen LogP contribution in [-0.4, -0.2) is 41.1 Å². The Morgan fingerprint density at radius 2 is 1.88 bits per heavy atom. The van der Waals surface area contributed by atoms with Crippen molar-refractivity contribution in [3.63, 3.8) is 0 Å². The van der Waals surface area contributed by atoms with Crippen molar-refractivity contribution in [3.05, 3.63) is 60.2 Å². The molecule has 2 nitrogen and oxygen atoms in total. The van der Waals surface area contributed by atoms with E-state index in [2.05, 4.69) is 17.0 Å². The van der Waals surface area contributed by atoms with Crippen LogP contribution in [0.2, 0.25) is 0 Å². The van der Waals surface area contributed by atoms with Gasteiger partial charge in [0.05, 0.1) is 0 Å². The van der Waals surface area contributed by atoms with E-state index in [1.54, 1.807) is 17.8 Å². The first kappa shape index (κ1) is 17.3. The van der Waals surface area contributed by atoms with Crippen molar-refractivity contribution in [1.82, 2.24) is 4.90 Å². The SMILES string of the molecule is Oc1ccccc1SC1CCN(CC(F)CCc2ccccc2)C1. The zero-order valence-corrected chi connectivity index (χ0v) is 14.6. The Bertz CT molecular complexity index is 637. The molecule has 0 amide bonds. The highest BCUT2D eigenvalue weighted by molar-refractivity contribution is 8.00. The molecule has 1 N–H and O–H groups in total. The Balaban J connectivity index is 1.41. The first-order valence-corrected chi connectivity index (χ1v) is 9.43. The molecule has 0 aliphatic carbocycles. The molecule has 1 saturated heterocycles. The third-order valence-corrected chi connectivity index (χ3v) is 5.75. The first-order valence-electron chi connectivity index (χ1n) is 8.55. The number of para-hydroxylation sites is 1. The summed E-state index contributed by atoms with van der Waals surface area (Å²) >= 11 is 1.70. The molecule has 0 aromatic heterocycles. The van der Waals surface area contributed by atoms with Gasteiger partial charge in [-0.15, -0.1) is 11.8 Å². The summed E-state index contributed by atoms with van der Waals surface area (Å²) in [4.78, 5) is 3.14. The van der Waals surface area contributed by atoms with Gasteiger partial charge in [-0.25, -0.2) is 4.39 Å². The monoisotopic (exact) mass is 345 g/mol. The van der Waals surface area contributed by atoms with Crippen LogP contribution in [0.15, 0.2) is 59.5 Å². The van der Waals surface area contributed by atoms with Crippen LogP contribution in [0.5, 0.6) is 5.75 Å². The number of rotatable bonds is 7. The van der Waals surface area contributed by atoms with Gasteiger partial charge in [-0.1, -0.05) is 42.5 Å². The summed E-state index contributed by atoms with van der Waals surface area (Å²) in [6, 6.07) is 17.5. The summed E-state index contributed by atoms with van der Waals surface area (Å²) in [6.45, 7) is 2.35. The van der Waals surface area contributed by atoms with Crippen molar-refractivity contribution in [2.45, 2.75) is 35.6 Å². The lowest BCUT2D eigenvalue weighted by atomic mass is 10.1. The minimum Gasteiger partial charge on any atom is -0.507 e. The Kier molecular flexibility index (Phi) is 6.16. The van der Waals surface area contributed by atoms with E-state index in [4.69, 9.17) is 0 Å². The zero-order valence-electron chi connectivity index (χ0n) is 13.8. The number of hydrogen-bond acceptors (Lipinski definition) is 3. The minimum atomic E-state index is -0.779. The molecule has 3 rings (SSSR count). The third-order valence-electron chi connectivity index (χ3n) is 4.43. The minimum absolute atomic E-state index is 0.340. The van der Waals surface area contributed by atoms with Crippen LogP contribution in [0, 0.1) is 0 Å². The fraction of sp³-hybridized carbons (Fsp3) is 0.400. The topological polar surface area (TPSA) is 23.5 Å². The maximum absolute atomic E-state index is 14.3. The van der Waals surface area contributed by atoms with E-state index in [0.717, 1.165) is 30.8 Å². The molecule has 128 valence electrons. The quantitative estimate of drug-likeness (QED) is 0.797. The molecule has 24 heavy (non-hydrogen) atoms. The number of hydrogen-bond donors (Lipinski definition) is 1. The van der Waals surface area contributed by atoms with Crippen LogP contribution < -0.4 is 0 Å². The highest BCUT2D eigenvalue weighted by Gasteiger charge is 2.25. The van der Waals surface area contributed by atoms with Gasteiger partial charge in [0.25, 0.3) is 0 Å². The van der Waals surface area contributed by atoms with Gasteiger partial charge in [-0.05, 0) is 43.5 Å². The maximum atomic E-state index is 14.3. The fourth-order valence-corrected chi connectivity index (χ4v) is 4.35. The molecule has 2 aromatic rings. The lowest BCUT2D eigenvalue weighted by molar-refractivity contribution is 0.211. The molecule has 0 spiro atoms. The van der Waals surface area contributed by atoms with E-state index >= 15 is 0 Å². The first-order chi connectivity index (χ1) is 11.7. The van der Waals surface area contributed by atoms with Gasteiger partial charge in [-0.3, -0.25) is 4.90 Å². The predicted octanol–water partition coefficient (Wildman–Crippen LogP) is 4.53. The van der Waals surface area contributed by atoms with Gasteiger partial charge < -0.3 is 5.11 Å². The average molecular weight is 345 g/mol. The molecule has 0 radical (unpaired) electrons. The number of phenolic OH excluding ortho intramolecular Hbond substituents is 1. The van der Waals surface area contributed by atoms with Gasteiger partial charge >= 0.3 is 0 Å². The summed E-state index contributed by atoms with van der Waals surface area (Å²) in [5, 5.41) is 10.3. The molecule has 0 bridgehead atoms. The average Bonchev–Trinajstić information content (AvgIpc) is 3.03. The van der Waals surface area contributed by atoms with Crippen molar-refractivity contribution in [2.75, 3.05) is 19.6 Å². The summed E-state index contributed by atoms with van der Waals surface area (Å²) in [5.74, 6) is 0.340.